The predicted octanol–water partition coefficient (Wildman–Crippen LogP) is 4.51. The summed E-state index contributed by atoms with van der Waals surface area (Å²) < 4.78 is 5.14. The average molecular weight is 355 g/mol. The van der Waals surface area contributed by atoms with Crippen LogP contribution in [0.1, 0.15) is 26.3 Å². The molecule has 4 heteroatoms. The fourth-order valence-electron chi connectivity index (χ4n) is 3.29. The van der Waals surface area contributed by atoms with E-state index >= 15 is 0 Å². The molecule has 0 saturated heterocycles. The molecule has 27 heavy (non-hydrogen) atoms. The molecule has 0 bridgehead atoms. The lowest BCUT2D eigenvalue weighted by atomic mass is 9.92. The van der Waals surface area contributed by atoms with Crippen molar-refractivity contribution in [3.63, 3.8) is 0 Å². The first-order valence-electron chi connectivity index (χ1n) is 8.64. The number of para-hydroxylation sites is 1. The van der Waals surface area contributed by atoms with Gasteiger partial charge in [-0.2, -0.15) is 0 Å². The zero-order valence-corrected chi connectivity index (χ0v) is 14.8. The van der Waals surface area contributed by atoms with Crippen molar-refractivity contribution in [3.05, 3.63) is 95.6 Å². The van der Waals surface area contributed by atoms with Gasteiger partial charge in [0.15, 0.2) is 11.6 Å². The molecule has 1 aliphatic carbocycles. The third-order valence-electron chi connectivity index (χ3n) is 4.65. The molecule has 0 saturated carbocycles. The van der Waals surface area contributed by atoms with Gasteiger partial charge >= 0.3 is 0 Å². The summed E-state index contributed by atoms with van der Waals surface area (Å²) in [6, 6.07) is 23.4. The van der Waals surface area contributed by atoms with Gasteiger partial charge in [-0.1, -0.05) is 42.5 Å². The maximum atomic E-state index is 13.2. The Labute approximate surface area is 157 Å². The SMILES string of the molecule is COc1ccc(C(=O)C2C(=O)c3ccccc3C2=Nc2ccccc2)cc1. The number of ether oxygens (including phenoxy) is 1. The fraction of sp³-hybridized carbons (Fsp3) is 0.0870. The van der Waals surface area contributed by atoms with Gasteiger partial charge in [-0.15, -0.1) is 0 Å². The molecular weight excluding hydrogens is 338 g/mol. The summed E-state index contributed by atoms with van der Waals surface area (Å²) in [5, 5.41) is 0. The molecule has 1 aliphatic rings. The van der Waals surface area contributed by atoms with Crippen LogP contribution < -0.4 is 4.74 Å². The Balaban J connectivity index is 1.81. The first-order valence-corrected chi connectivity index (χ1v) is 8.64. The maximum absolute atomic E-state index is 13.2. The number of carbonyl (C=O) groups excluding carboxylic acids is 2. The number of carbonyl (C=O) groups is 2. The van der Waals surface area contributed by atoms with Gasteiger partial charge in [0, 0.05) is 16.7 Å². The van der Waals surface area contributed by atoms with Crippen molar-refractivity contribution in [2.24, 2.45) is 10.9 Å². The van der Waals surface area contributed by atoms with Crippen molar-refractivity contribution in [3.8, 4) is 5.75 Å². The van der Waals surface area contributed by atoms with E-state index < -0.39 is 5.92 Å². The van der Waals surface area contributed by atoms with Gasteiger partial charge in [0.2, 0.25) is 0 Å². The van der Waals surface area contributed by atoms with Crippen molar-refractivity contribution in [2.75, 3.05) is 7.11 Å². The molecular formula is C23H17NO3. The summed E-state index contributed by atoms with van der Waals surface area (Å²) >= 11 is 0. The smallest absolute Gasteiger partial charge is 0.180 e. The molecule has 0 aromatic heterocycles. The minimum Gasteiger partial charge on any atom is -0.497 e. The van der Waals surface area contributed by atoms with Crippen LogP contribution in [0.15, 0.2) is 83.9 Å². The topological polar surface area (TPSA) is 55.7 Å². The van der Waals surface area contributed by atoms with Gasteiger partial charge in [0.1, 0.15) is 11.7 Å². The Morgan fingerprint density at radius 2 is 1.48 bits per heavy atom. The Hall–Kier alpha value is -3.53. The molecule has 3 aromatic rings. The second-order valence-electron chi connectivity index (χ2n) is 6.27. The van der Waals surface area contributed by atoms with Gasteiger partial charge in [-0.25, -0.2) is 0 Å². The zero-order chi connectivity index (χ0) is 18.8. The van der Waals surface area contributed by atoms with Crippen LogP contribution in [0.3, 0.4) is 0 Å². The van der Waals surface area contributed by atoms with Crippen LogP contribution in [-0.4, -0.2) is 24.4 Å². The summed E-state index contributed by atoms with van der Waals surface area (Å²) in [5.74, 6) is -0.739. The van der Waals surface area contributed by atoms with E-state index in [-0.39, 0.29) is 11.6 Å². The molecule has 0 aliphatic heterocycles. The van der Waals surface area contributed by atoms with E-state index in [4.69, 9.17) is 4.74 Å². The number of hydrogen-bond acceptors (Lipinski definition) is 4. The van der Waals surface area contributed by atoms with Gasteiger partial charge in [-0.3, -0.25) is 14.6 Å². The summed E-state index contributed by atoms with van der Waals surface area (Å²) in [6.07, 6.45) is 0. The molecule has 4 rings (SSSR count). The number of ketones is 2. The van der Waals surface area contributed by atoms with Gasteiger partial charge in [-0.05, 0) is 36.4 Å². The molecule has 3 aromatic carbocycles. The summed E-state index contributed by atoms with van der Waals surface area (Å²) in [4.78, 5) is 30.9. The van der Waals surface area contributed by atoms with Crippen LogP contribution in [0.4, 0.5) is 5.69 Å². The monoisotopic (exact) mass is 355 g/mol. The number of rotatable bonds is 4. The molecule has 0 amide bonds. The summed E-state index contributed by atoms with van der Waals surface area (Å²) in [5.41, 5.74) is 2.94. The van der Waals surface area contributed by atoms with Crippen molar-refractivity contribution in [2.45, 2.75) is 0 Å². The van der Waals surface area contributed by atoms with E-state index in [1.165, 1.54) is 0 Å². The number of benzene rings is 3. The lowest BCUT2D eigenvalue weighted by Crippen LogP contribution is -2.26. The van der Waals surface area contributed by atoms with Crippen LogP contribution >= 0.6 is 0 Å². The summed E-state index contributed by atoms with van der Waals surface area (Å²) in [6.45, 7) is 0. The second-order valence-corrected chi connectivity index (χ2v) is 6.27. The highest BCUT2D eigenvalue weighted by Gasteiger charge is 2.41. The minimum absolute atomic E-state index is 0.207. The maximum Gasteiger partial charge on any atom is 0.180 e. The van der Waals surface area contributed by atoms with Crippen molar-refractivity contribution < 1.29 is 14.3 Å². The highest BCUT2D eigenvalue weighted by atomic mass is 16.5. The van der Waals surface area contributed by atoms with E-state index in [9.17, 15) is 9.59 Å². The van der Waals surface area contributed by atoms with Crippen LogP contribution in [0.5, 0.6) is 5.75 Å². The molecule has 1 atom stereocenters. The fourth-order valence-corrected chi connectivity index (χ4v) is 3.29. The van der Waals surface area contributed by atoms with Gasteiger partial charge < -0.3 is 4.74 Å². The lowest BCUT2D eigenvalue weighted by molar-refractivity contribution is 0.0860. The highest BCUT2D eigenvalue weighted by Crippen LogP contribution is 2.32. The Bertz CT molecular complexity index is 1040. The molecule has 4 nitrogen and oxygen atoms in total. The number of nitrogens with zero attached hydrogens (tertiary/aromatic N) is 1. The zero-order valence-electron chi connectivity index (χ0n) is 14.8. The van der Waals surface area contributed by atoms with Crippen molar-refractivity contribution in [1.29, 1.82) is 0 Å². The standard InChI is InChI=1S/C23H17NO3/c1-27-17-13-11-15(12-14-17)22(25)20-21(24-16-7-3-2-4-8-16)18-9-5-6-10-19(18)23(20)26/h2-14,20H,1H3. The van der Waals surface area contributed by atoms with E-state index in [1.807, 2.05) is 42.5 Å². The van der Waals surface area contributed by atoms with Gasteiger partial charge in [0.25, 0.3) is 0 Å². The Kier molecular flexibility index (Phi) is 4.38. The van der Waals surface area contributed by atoms with E-state index in [0.29, 0.717) is 28.3 Å². The van der Waals surface area contributed by atoms with Crippen molar-refractivity contribution in [1.82, 2.24) is 0 Å². The van der Waals surface area contributed by atoms with Crippen LogP contribution in [0, 0.1) is 5.92 Å². The molecule has 0 spiro atoms. The molecule has 0 N–H and O–H groups in total. The number of Topliss-reactive ketones (excluding diaryl/α,β-unsaturated/α-hetero) is 2. The normalized spacial score (nSPS) is 17.0. The molecule has 1 unspecified atom stereocenters. The molecule has 0 radical (unpaired) electrons. The first kappa shape index (κ1) is 16.9. The van der Waals surface area contributed by atoms with Crippen LogP contribution in [-0.2, 0) is 0 Å². The number of aliphatic imine (C=N–C) groups is 1. The van der Waals surface area contributed by atoms with E-state index in [0.717, 1.165) is 5.56 Å². The average Bonchev–Trinajstić information content (AvgIpc) is 3.00. The number of methoxy groups -OCH3 is 1. The molecule has 132 valence electrons. The van der Waals surface area contributed by atoms with E-state index in [1.54, 1.807) is 43.5 Å². The number of hydrogen-bond donors (Lipinski definition) is 0. The first-order chi connectivity index (χ1) is 13.2. The third-order valence-corrected chi connectivity index (χ3v) is 4.65. The molecule has 0 heterocycles. The molecule has 0 fully saturated rings. The summed E-state index contributed by atoms with van der Waals surface area (Å²) in [7, 11) is 1.57. The van der Waals surface area contributed by atoms with Crippen molar-refractivity contribution >= 4 is 23.0 Å². The van der Waals surface area contributed by atoms with Gasteiger partial charge in [0.05, 0.1) is 18.5 Å². The lowest BCUT2D eigenvalue weighted by Gasteiger charge is -2.10. The Morgan fingerprint density at radius 3 is 2.15 bits per heavy atom. The predicted molar refractivity (Wildman–Crippen MR) is 104 cm³/mol. The minimum atomic E-state index is -0.934. The highest BCUT2D eigenvalue weighted by molar-refractivity contribution is 6.39. The number of fused-ring (bicyclic) bond motifs is 1. The van der Waals surface area contributed by atoms with Crippen LogP contribution in [0.25, 0.3) is 0 Å². The third kappa shape index (κ3) is 3.06. The van der Waals surface area contributed by atoms with E-state index in [2.05, 4.69) is 4.99 Å². The Morgan fingerprint density at radius 1 is 0.852 bits per heavy atom. The largest absolute Gasteiger partial charge is 0.497 e. The second kappa shape index (κ2) is 7.00. The van der Waals surface area contributed by atoms with Crippen LogP contribution in [0.2, 0.25) is 0 Å². The quantitative estimate of drug-likeness (QED) is 0.511.